The van der Waals surface area contributed by atoms with Gasteiger partial charge in [-0.25, -0.2) is 0 Å². The summed E-state index contributed by atoms with van der Waals surface area (Å²) in [5.74, 6) is 0. The van der Waals surface area contributed by atoms with Crippen LogP contribution in [0.3, 0.4) is 0 Å². The summed E-state index contributed by atoms with van der Waals surface area (Å²) in [7, 11) is 0. The summed E-state index contributed by atoms with van der Waals surface area (Å²) in [4.78, 5) is 11.1. The van der Waals surface area contributed by atoms with Crippen LogP contribution in [0.2, 0.25) is 0 Å². The number of hydrogen-bond donors (Lipinski definition) is 0. The second kappa shape index (κ2) is 4.45. The van der Waals surface area contributed by atoms with E-state index in [1.807, 2.05) is 12.1 Å². The van der Waals surface area contributed by atoms with E-state index in [4.69, 9.17) is 0 Å². The minimum atomic E-state index is 0.726. The first-order valence-corrected chi connectivity index (χ1v) is 7.22. The molecule has 0 saturated heterocycles. The summed E-state index contributed by atoms with van der Waals surface area (Å²) in [5, 5.41) is 4.98. The Morgan fingerprint density at radius 2 is 1.76 bits per heavy atom. The predicted octanol–water partition coefficient (Wildman–Crippen LogP) is 4.78. The van der Waals surface area contributed by atoms with Crippen LogP contribution in [-0.2, 0) is 6.54 Å². The van der Waals surface area contributed by atoms with Crippen molar-refractivity contribution in [2.75, 3.05) is 0 Å². The summed E-state index contributed by atoms with van der Waals surface area (Å²) in [6.07, 6.45) is 0.912. The van der Waals surface area contributed by atoms with E-state index >= 15 is 0 Å². The Balaban J connectivity index is 2.30. The minimum absolute atomic E-state index is 0.726. The number of aromatic nitrogens is 1. The molecular weight excluding hydrogens is 258 g/mol. The number of hydrogen-bond acceptors (Lipinski definition) is 1. The summed E-state index contributed by atoms with van der Waals surface area (Å²) in [5.41, 5.74) is 3.12. The van der Waals surface area contributed by atoms with Gasteiger partial charge in [0.2, 0.25) is 0 Å². The number of carbonyl (C=O) groups is 1. The lowest BCUT2D eigenvalue weighted by atomic mass is 10.1. The molecule has 0 saturated carbocycles. The van der Waals surface area contributed by atoms with Crippen molar-refractivity contribution < 1.29 is 4.79 Å². The monoisotopic (exact) mass is 273 g/mol. The zero-order valence-electron chi connectivity index (χ0n) is 11.8. The Hall–Kier alpha value is -2.61. The molecule has 4 rings (SSSR count). The number of aldehydes is 1. The third kappa shape index (κ3) is 1.62. The minimum Gasteiger partial charge on any atom is -0.340 e. The molecule has 0 N–H and O–H groups in total. The van der Waals surface area contributed by atoms with Gasteiger partial charge in [-0.3, -0.25) is 4.79 Å². The maximum atomic E-state index is 11.1. The van der Waals surface area contributed by atoms with Crippen molar-refractivity contribution in [3.8, 4) is 0 Å². The van der Waals surface area contributed by atoms with Crippen LogP contribution in [-0.4, -0.2) is 10.9 Å². The van der Waals surface area contributed by atoms with Gasteiger partial charge in [0, 0.05) is 33.8 Å². The molecule has 0 aliphatic carbocycles. The van der Waals surface area contributed by atoms with E-state index in [2.05, 4.69) is 54.0 Å². The first kappa shape index (κ1) is 12.2. The van der Waals surface area contributed by atoms with Gasteiger partial charge in [-0.15, -0.1) is 0 Å². The molecule has 0 fully saturated rings. The lowest BCUT2D eigenvalue weighted by Gasteiger charge is -2.06. The number of rotatable bonds is 2. The second-order valence-corrected chi connectivity index (χ2v) is 5.32. The quantitative estimate of drug-likeness (QED) is 0.482. The van der Waals surface area contributed by atoms with Crippen molar-refractivity contribution in [1.82, 2.24) is 4.57 Å². The second-order valence-electron chi connectivity index (χ2n) is 5.32. The Bertz CT molecular complexity index is 995. The van der Waals surface area contributed by atoms with Crippen molar-refractivity contribution in [2.45, 2.75) is 13.5 Å². The fourth-order valence-corrected chi connectivity index (χ4v) is 3.29. The van der Waals surface area contributed by atoms with Crippen LogP contribution >= 0.6 is 0 Å². The number of fused-ring (bicyclic) bond motifs is 5. The van der Waals surface area contributed by atoms with Crippen LogP contribution in [0.1, 0.15) is 17.3 Å². The summed E-state index contributed by atoms with van der Waals surface area (Å²) < 4.78 is 2.31. The van der Waals surface area contributed by atoms with Crippen molar-refractivity contribution in [2.24, 2.45) is 0 Å². The lowest BCUT2D eigenvalue weighted by Crippen LogP contribution is -1.94. The van der Waals surface area contributed by atoms with Gasteiger partial charge in [0.05, 0.1) is 5.52 Å². The summed E-state index contributed by atoms with van der Waals surface area (Å²) >= 11 is 0. The largest absolute Gasteiger partial charge is 0.340 e. The molecule has 0 atom stereocenters. The van der Waals surface area contributed by atoms with Gasteiger partial charge in [-0.1, -0.05) is 48.5 Å². The highest BCUT2D eigenvalue weighted by molar-refractivity contribution is 6.18. The fourth-order valence-electron chi connectivity index (χ4n) is 3.29. The van der Waals surface area contributed by atoms with Gasteiger partial charge < -0.3 is 4.57 Å². The Morgan fingerprint density at radius 3 is 2.57 bits per heavy atom. The van der Waals surface area contributed by atoms with E-state index in [9.17, 15) is 4.79 Å². The van der Waals surface area contributed by atoms with Crippen LogP contribution in [0.4, 0.5) is 0 Å². The van der Waals surface area contributed by atoms with Crippen LogP contribution in [0.15, 0.2) is 54.6 Å². The molecule has 0 spiro atoms. The first-order chi connectivity index (χ1) is 10.3. The molecule has 4 aromatic rings. The average Bonchev–Trinajstić information content (AvgIpc) is 2.87. The number of nitrogens with zero attached hydrogens (tertiary/aromatic N) is 1. The molecular formula is C19H15NO. The topological polar surface area (TPSA) is 22.0 Å². The Morgan fingerprint density at radius 1 is 0.952 bits per heavy atom. The van der Waals surface area contributed by atoms with Crippen LogP contribution in [0.5, 0.6) is 0 Å². The summed E-state index contributed by atoms with van der Waals surface area (Å²) in [6, 6.07) is 18.8. The van der Waals surface area contributed by atoms with Gasteiger partial charge in [-0.2, -0.15) is 0 Å². The molecule has 2 nitrogen and oxygen atoms in total. The van der Waals surface area contributed by atoms with Crippen LogP contribution < -0.4 is 0 Å². The normalized spacial score (nSPS) is 11.5. The maximum Gasteiger partial charge on any atom is 0.150 e. The van der Waals surface area contributed by atoms with Gasteiger partial charge in [-0.05, 0) is 18.4 Å². The van der Waals surface area contributed by atoms with Gasteiger partial charge in [0.1, 0.15) is 6.29 Å². The standard InChI is InChI=1S/C19H15NO/c1-2-20-18-11-13(12-21)7-9-16(18)17-10-8-14-5-3-4-6-15(14)19(17)20/h3-12H,2H2,1H3. The summed E-state index contributed by atoms with van der Waals surface area (Å²) in [6.45, 7) is 3.03. The molecule has 0 aliphatic heterocycles. The van der Waals surface area contributed by atoms with Crippen molar-refractivity contribution in [3.63, 3.8) is 0 Å². The third-order valence-corrected chi connectivity index (χ3v) is 4.23. The van der Waals surface area contributed by atoms with E-state index in [0.29, 0.717) is 0 Å². The van der Waals surface area contributed by atoms with Crippen molar-refractivity contribution in [3.05, 3.63) is 60.2 Å². The highest BCUT2D eigenvalue weighted by Crippen LogP contribution is 2.34. The fraction of sp³-hybridized carbons (Fsp3) is 0.105. The average molecular weight is 273 g/mol. The molecule has 0 aliphatic rings. The molecule has 1 aromatic heterocycles. The molecule has 102 valence electrons. The molecule has 1 heterocycles. The van der Waals surface area contributed by atoms with E-state index in [-0.39, 0.29) is 0 Å². The number of aryl methyl sites for hydroxylation is 1. The van der Waals surface area contributed by atoms with E-state index in [0.717, 1.165) is 23.9 Å². The first-order valence-electron chi connectivity index (χ1n) is 7.22. The Labute approximate surface area is 122 Å². The zero-order chi connectivity index (χ0) is 14.4. The molecule has 21 heavy (non-hydrogen) atoms. The number of benzene rings is 3. The lowest BCUT2D eigenvalue weighted by molar-refractivity contribution is 0.112. The van der Waals surface area contributed by atoms with E-state index < -0.39 is 0 Å². The van der Waals surface area contributed by atoms with Crippen LogP contribution in [0, 0.1) is 0 Å². The van der Waals surface area contributed by atoms with Crippen LogP contribution in [0.25, 0.3) is 32.6 Å². The van der Waals surface area contributed by atoms with Crippen molar-refractivity contribution >= 4 is 38.9 Å². The highest BCUT2D eigenvalue weighted by atomic mass is 16.1. The highest BCUT2D eigenvalue weighted by Gasteiger charge is 2.12. The van der Waals surface area contributed by atoms with Crippen molar-refractivity contribution in [1.29, 1.82) is 0 Å². The van der Waals surface area contributed by atoms with Gasteiger partial charge >= 0.3 is 0 Å². The predicted molar refractivity (Wildman–Crippen MR) is 88.0 cm³/mol. The maximum absolute atomic E-state index is 11.1. The molecule has 3 aromatic carbocycles. The van der Waals surface area contributed by atoms with Gasteiger partial charge in [0.15, 0.2) is 0 Å². The molecule has 0 bridgehead atoms. The smallest absolute Gasteiger partial charge is 0.150 e. The SMILES string of the molecule is CCn1c2cc(C=O)ccc2c2ccc3ccccc3c21. The zero-order valence-corrected chi connectivity index (χ0v) is 11.8. The molecule has 0 unspecified atom stereocenters. The molecule has 0 amide bonds. The Kier molecular flexibility index (Phi) is 2.58. The van der Waals surface area contributed by atoms with E-state index in [1.165, 1.54) is 27.1 Å². The van der Waals surface area contributed by atoms with E-state index in [1.54, 1.807) is 0 Å². The number of carbonyl (C=O) groups excluding carboxylic acids is 1. The van der Waals surface area contributed by atoms with Gasteiger partial charge in [0.25, 0.3) is 0 Å². The third-order valence-electron chi connectivity index (χ3n) is 4.23. The molecule has 0 radical (unpaired) electrons. The molecule has 2 heteroatoms.